The highest BCUT2D eigenvalue weighted by molar-refractivity contribution is 7.99. The lowest BCUT2D eigenvalue weighted by atomic mass is 9.81. The molecule has 0 amide bonds. The van der Waals surface area contributed by atoms with E-state index in [2.05, 4.69) is 12.2 Å². The molecule has 0 aromatic rings. The van der Waals surface area contributed by atoms with Crippen molar-refractivity contribution in [1.29, 1.82) is 0 Å². The number of aliphatic carboxylic acids is 1. The number of unbranched alkanes of at least 4 members (excludes halogenated alkanes) is 2. The van der Waals surface area contributed by atoms with Gasteiger partial charge < -0.3 is 5.11 Å². The number of carboxylic acid groups (broad SMARTS) is 1. The molecule has 0 aromatic heterocycles. The normalized spacial score (nSPS) is 31.3. The third-order valence-corrected chi connectivity index (χ3v) is 5.67. The highest BCUT2D eigenvalue weighted by atomic mass is 32.2. The zero-order valence-corrected chi connectivity index (χ0v) is 12.8. The molecule has 0 radical (unpaired) electrons. The fraction of sp³-hybridized carbons (Fsp3) is 0.933. The van der Waals surface area contributed by atoms with Crippen LogP contribution in [0.2, 0.25) is 0 Å². The van der Waals surface area contributed by atoms with E-state index >= 15 is 0 Å². The molecule has 0 aliphatic heterocycles. The van der Waals surface area contributed by atoms with Crippen molar-refractivity contribution < 1.29 is 9.90 Å². The van der Waals surface area contributed by atoms with Crippen molar-refractivity contribution in [2.24, 2.45) is 0 Å². The first-order valence-electron chi connectivity index (χ1n) is 7.79. The summed E-state index contributed by atoms with van der Waals surface area (Å²) in [5, 5.41) is 13.6. The van der Waals surface area contributed by atoms with Crippen LogP contribution in [0.4, 0.5) is 0 Å². The molecule has 2 unspecified atom stereocenters. The summed E-state index contributed by atoms with van der Waals surface area (Å²) in [5.41, 5.74) is -0.623. The van der Waals surface area contributed by atoms with E-state index in [-0.39, 0.29) is 0 Å². The molecule has 0 heterocycles. The molecule has 0 aromatic carbocycles. The van der Waals surface area contributed by atoms with E-state index in [0.29, 0.717) is 11.3 Å². The van der Waals surface area contributed by atoms with E-state index in [1.807, 2.05) is 11.8 Å². The Hall–Kier alpha value is -0.220. The number of carbonyl (C=O) groups is 1. The molecule has 110 valence electrons. The van der Waals surface area contributed by atoms with Gasteiger partial charge in [-0.2, -0.15) is 11.8 Å². The van der Waals surface area contributed by atoms with Crippen LogP contribution in [0, 0.1) is 0 Å². The minimum absolute atomic E-state index is 0.472. The van der Waals surface area contributed by atoms with Crippen LogP contribution in [0.15, 0.2) is 0 Å². The van der Waals surface area contributed by atoms with Crippen LogP contribution in [0.3, 0.4) is 0 Å². The van der Waals surface area contributed by atoms with Gasteiger partial charge in [0.15, 0.2) is 0 Å². The molecular weight excluding hydrogens is 258 g/mol. The van der Waals surface area contributed by atoms with Crippen LogP contribution in [-0.2, 0) is 4.79 Å². The second kappa shape index (κ2) is 6.98. The zero-order chi connectivity index (χ0) is 13.7. The van der Waals surface area contributed by atoms with Crippen LogP contribution in [0.1, 0.15) is 64.7 Å². The lowest BCUT2D eigenvalue weighted by Crippen LogP contribution is -2.56. The van der Waals surface area contributed by atoms with E-state index in [9.17, 15) is 9.90 Å². The fourth-order valence-corrected chi connectivity index (χ4v) is 4.41. The highest BCUT2D eigenvalue weighted by Gasteiger charge is 2.45. The maximum Gasteiger partial charge on any atom is 0.323 e. The lowest BCUT2D eigenvalue weighted by Gasteiger charge is -2.38. The molecule has 0 spiro atoms. The number of nitrogens with one attached hydrogen (secondary N) is 1. The molecule has 3 nitrogen and oxygen atoms in total. The van der Waals surface area contributed by atoms with Crippen LogP contribution in [-0.4, -0.2) is 33.7 Å². The number of rotatable bonds is 8. The first kappa shape index (κ1) is 15.2. The maximum atomic E-state index is 11.7. The van der Waals surface area contributed by atoms with Gasteiger partial charge in [0.25, 0.3) is 0 Å². The van der Waals surface area contributed by atoms with Crippen molar-refractivity contribution in [3.05, 3.63) is 0 Å². The average Bonchev–Trinajstić information content (AvgIpc) is 3.19. The van der Waals surface area contributed by atoms with Gasteiger partial charge in [-0.15, -0.1) is 0 Å². The maximum absolute atomic E-state index is 11.7. The van der Waals surface area contributed by atoms with E-state index < -0.39 is 11.5 Å². The third-order valence-electron chi connectivity index (χ3n) is 4.27. The summed E-state index contributed by atoms with van der Waals surface area (Å²) in [6, 6.07) is 0.472. The number of thioether (sulfide) groups is 1. The average molecular weight is 285 g/mol. The minimum Gasteiger partial charge on any atom is -0.480 e. The quantitative estimate of drug-likeness (QED) is 0.671. The summed E-state index contributed by atoms with van der Waals surface area (Å²) in [4.78, 5) is 11.7. The third kappa shape index (κ3) is 4.38. The van der Waals surface area contributed by atoms with Crippen LogP contribution in [0.25, 0.3) is 0 Å². The Morgan fingerprint density at radius 2 is 2.16 bits per heavy atom. The largest absolute Gasteiger partial charge is 0.480 e. The van der Waals surface area contributed by atoms with Crippen molar-refractivity contribution >= 4 is 17.7 Å². The molecular formula is C15H27NO2S. The van der Waals surface area contributed by atoms with Crippen molar-refractivity contribution in [3.63, 3.8) is 0 Å². The topological polar surface area (TPSA) is 49.3 Å². The van der Waals surface area contributed by atoms with Gasteiger partial charge >= 0.3 is 5.97 Å². The van der Waals surface area contributed by atoms with Crippen LogP contribution in [0.5, 0.6) is 0 Å². The summed E-state index contributed by atoms with van der Waals surface area (Å²) in [6.07, 6.45) is 10.0. The minimum atomic E-state index is -0.627. The van der Waals surface area contributed by atoms with Crippen molar-refractivity contribution in [1.82, 2.24) is 5.32 Å². The highest BCUT2D eigenvalue weighted by Crippen LogP contribution is 2.38. The van der Waals surface area contributed by atoms with Gasteiger partial charge in [-0.3, -0.25) is 10.1 Å². The molecule has 2 aliphatic rings. The zero-order valence-electron chi connectivity index (χ0n) is 12.0. The van der Waals surface area contributed by atoms with E-state index in [4.69, 9.17) is 0 Å². The van der Waals surface area contributed by atoms with E-state index in [0.717, 1.165) is 32.1 Å². The van der Waals surface area contributed by atoms with Gasteiger partial charge in [0.05, 0.1) is 0 Å². The Morgan fingerprint density at radius 3 is 2.79 bits per heavy atom. The summed E-state index contributed by atoms with van der Waals surface area (Å²) < 4.78 is 0. The summed E-state index contributed by atoms with van der Waals surface area (Å²) >= 11 is 2.00. The van der Waals surface area contributed by atoms with E-state index in [1.54, 1.807) is 0 Å². The Balaban J connectivity index is 1.84. The second-order valence-corrected chi connectivity index (χ2v) is 7.51. The Bertz CT molecular complexity index is 307. The Kier molecular flexibility index (Phi) is 5.58. The Morgan fingerprint density at radius 1 is 1.37 bits per heavy atom. The van der Waals surface area contributed by atoms with Crippen molar-refractivity contribution in [3.8, 4) is 0 Å². The molecule has 0 bridgehead atoms. The van der Waals surface area contributed by atoms with Gasteiger partial charge in [-0.05, 0) is 50.7 Å². The summed E-state index contributed by atoms with van der Waals surface area (Å²) in [5.74, 6) is 0.565. The predicted molar refractivity (Wildman–Crippen MR) is 80.8 cm³/mol. The smallest absolute Gasteiger partial charge is 0.323 e. The molecule has 2 aliphatic carbocycles. The fourth-order valence-electron chi connectivity index (χ4n) is 2.97. The van der Waals surface area contributed by atoms with Gasteiger partial charge in [-0.1, -0.05) is 19.8 Å². The van der Waals surface area contributed by atoms with Gasteiger partial charge in [0, 0.05) is 11.3 Å². The number of hydrogen-bond donors (Lipinski definition) is 2. The molecule has 2 fully saturated rings. The summed E-state index contributed by atoms with van der Waals surface area (Å²) in [7, 11) is 0. The SMILES string of the molecule is CCCCCSC1CCCC(NC2CC2)(C(=O)O)C1. The monoisotopic (exact) mass is 285 g/mol. The van der Waals surface area contributed by atoms with Crippen molar-refractivity contribution in [2.75, 3.05) is 5.75 Å². The van der Waals surface area contributed by atoms with Crippen molar-refractivity contribution in [2.45, 2.75) is 81.5 Å². The predicted octanol–water partition coefficient (Wildman–Crippen LogP) is 3.43. The molecule has 2 N–H and O–H groups in total. The van der Waals surface area contributed by atoms with Crippen LogP contribution >= 0.6 is 11.8 Å². The van der Waals surface area contributed by atoms with Gasteiger partial charge in [0.1, 0.15) is 5.54 Å². The molecule has 2 atom stereocenters. The molecule has 2 saturated carbocycles. The summed E-state index contributed by atoms with van der Waals surface area (Å²) in [6.45, 7) is 2.22. The molecule has 4 heteroatoms. The second-order valence-electron chi connectivity index (χ2n) is 6.10. The van der Waals surface area contributed by atoms with E-state index in [1.165, 1.54) is 31.4 Å². The lowest BCUT2D eigenvalue weighted by molar-refractivity contribution is -0.146. The van der Waals surface area contributed by atoms with Gasteiger partial charge in [0.2, 0.25) is 0 Å². The first-order valence-corrected chi connectivity index (χ1v) is 8.84. The number of hydrogen-bond acceptors (Lipinski definition) is 3. The van der Waals surface area contributed by atoms with Crippen LogP contribution < -0.4 is 5.32 Å². The first-order chi connectivity index (χ1) is 9.16. The Labute approximate surface area is 120 Å². The van der Waals surface area contributed by atoms with Gasteiger partial charge in [-0.25, -0.2) is 0 Å². The molecule has 19 heavy (non-hydrogen) atoms. The molecule has 0 saturated heterocycles. The molecule has 2 rings (SSSR count). The number of carboxylic acids is 1. The standard InChI is InChI=1S/C15H27NO2S/c1-2-3-4-10-19-13-6-5-9-15(11-13,14(17)18)16-12-7-8-12/h12-13,16H,2-11H2,1H3,(H,17,18).